The summed E-state index contributed by atoms with van der Waals surface area (Å²) in [5.74, 6) is 0.500. The van der Waals surface area contributed by atoms with E-state index in [1.165, 1.54) is 0 Å². The number of nitrogens with two attached hydrogens (primary N) is 1. The van der Waals surface area contributed by atoms with Crippen LogP contribution in [0.4, 0.5) is 5.82 Å². The third-order valence-corrected chi connectivity index (χ3v) is 2.61. The van der Waals surface area contributed by atoms with Crippen molar-refractivity contribution >= 4 is 29.0 Å². The normalized spacial score (nSPS) is 10.5. The van der Waals surface area contributed by atoms with Crippen LogP contribution in [0.2, 0.25) is 10.0 Å². The fourth-order valence-corrected chi connectivity index (χ4v) is 1.78. The number of rotatable bonds is 2. The molecule has 0 unspecified atom stereocenters. The first-order valence-corrected chi connectivity index (χ1v) is 5.12. The van der Waals surface area contributed by atoms with Gasteiger partial charge in [0.15, 0.2) is 0 Å². The van der Waals surface area contributed by atoms with Gasteiger partial charge in [-0.25, -0.2) is 4.98 Å². The first-order chi connectivity index (χ1) is 7.15. The number of hydrogen-bond donors (Lipinski definition) is 1. The van der Waals surface area contributed by atoms with E-state index in [2.05, 4.69) is 4.98 Å². The van der Waals surface area contributed by atoms with Gasteiger partial charge in [-0.1, -0.05) is 29.3 Å². The maximum absolute atomic E-state index is 6.04. The highest BCUT2D eigenvalue weighted by atomic mass is 35.5. The Morgan fingerprint density at radius 3 is 2.73 bits per heavy atom. The second-order valence-electron chi connectivity index (χ2n) is 3.21. The van der Waals surface area contributed by atoms with Crippen molar-refractivity contribution in [3.05, 3.63) is 46.3 Å². The summed E-state index contributed by atoms with van der Waals surface area (Å²) in [6.07, 6.45) is 3.42. The molecule has 0 aliphatic carbocycles. The molecule has 0 aliphatic rings. The molecule has 78 valence electrons. The predicted molar refractivity (Wildman–Crippen MR) is 62.2 cm³/mol. The third-order valence-electron chi connectivity index (χ3n) is 2.02. The fraction of sp³-hybridized carbons (Fsp3) is 0.100. The summed E-state index contributed by atoms with van der Waals surface area (Å²) < 4.78 is 1.87. The Labute approximate surface area is 97.4 Å². The molecular weight excluding hydrogens is 233 g/mol. The van der Waals surface area contributed by atoms with Crippen molar-refractivity contribution in [3.63, 3.8) is 0 Å². The van der Waals surface area contributed by atoms with Crippen molar-refractivity contribution in [2.45, 2.75) is 6.54 Å². The van der Waals surface area contributed by atoms with E-state index < -0.39 is 0 Å². The van der Waals surface area contributed by atoms with Crippen LogP contribution in [-0.2, 0) is 6.54 Å². The van der Waals surface area contributed by atoms with Gasteiger partial charge in [0, 0.05) is 16.2 Å². The van der Waals surface area contributed by atoms with Crippen LogP contribution in [0, 0.1) is 0 Å². The first-order valence-electron chi connectivity index (χ1n) is 4.36. The van der Waals surface area contributed by atoms with Gasteiger partial charge in [0.2, 0.25) is 0 Å². The van der Waals surface area contributed by atoms with E-state index in [4.69, 9.17) is 28.9 Å². The average molecular weight is 242 g/mol. The molecule has 15 heavy (non-hydrogen) atoms. The quantitative estimate of drug-likeness (QED) is 0.879. The smallest absolute Gasteiger partial charge is 0.141 e. The molecule has 0 aliphatic heterocycles. The third kappa shape index (κ3) is 2.43. The van der Waals surface area contributed by atoms with E-state index in [1.807, 2.05) is 16.7 Å². The zero-order valence-electron chi connectivity index (χ0n) is 7.82. The minimum Gasteiger partial charge on any atom is -0.382 e. The summed E-state index contributed by atoms with van der Waals surface area (Å²) in [4.78, 5) is 3.93. The highest BCUT2D eigenvalue weighted by molar-refractivity contribution is 6.35. The van der Waals surface area contributed by atoms with Crippen molar-refractivity contribution in [3.8, 4) is 0 Å². The summed E-state index contributed by atoms with van der Waals surface area (Å²) in [5, 5.41) is 1.28. The van der Waals surface area contributed by atoms with Gasteiger partial charge in [-0.2, -0.15) is 0 Å². The number of nitrogen functional groups attached to an aromatic ring is 1. The minimum atomic E-state index is 0.500. The van der Waals surface area contributed by atoms with Gasteiger partial charge in [-0.3, -0.25) is 0 Å². The van der Waals surface area contributed by atoms with Gasteiger partial charge < -0.3 is 10.3 Å². The molecule has 2 rings (SSSR count). The molecule has 2 N–H and O–H groups in total. The summed E-state index contributed by atoms with van der Waals surface area (Å²) >= 11 is 11.8. The number of imidazole rings is 1. The van der Waals surface area contributed by atoms with Crippen molar-refractivity contribution in [2.24, 2.45) is 0 Å². The lowest BCUT2D eigenvalue weighted by atomic mass is 10.2. The van der Waals surface area contributed by atoms with Gasteiger partial charge >= 0.3 is 0 Å². The van der Waals surface area contributed by atoms with Gasteiger partial charge in [0.1, 0.15) is 5.82 Å². The van der Waals surface area contributed by atoms with E-state index in [0.29, 0.717) is 22.4 Å². The van der Waals surface area contributed by atoms with Crippen molar-refractivity contribution in [1.82, 2.24) is 9.55 Å². The van der Waals surface area contributed by atoms with Gasteiger partial charge in [-0.05, 0) is 17.7 Å². The van der Waals surface area contributed by atoms with E-state index in [-0.39, 0.29) is 0 Å². The number of nitrogens with zero attached hydrogens (tertiary/aromatic N) is 2. The molecular formula is C10H9Cl2N3. The lowest BCUT2D eigenvalue weighted by Crippen LogP contribution is -1.97. The Balaban J connectivity index is 2.24. The monoisotopic (exact) mass is 241 g/mol. The Hall–Kier alpha value is -1.19. The molecule has 0 saturated heterocycles. The Kier molecular flexibility index (Phi) is 2.84. The second kappa shape index (κ2) is 4.13. The molecule has 0 fully saturated rings. The molecule has 5 heteroatoms. The van der Waals surface area contributed by atoms with Crippen LogP contribution >= 0.6 is 23.2 Å². The van der Waals surface area contributed by atoms with Crippen LogP contribution in [0.15, 0.2) is 30.7 Å². The molecule has 1 aromatic carbocycles. The molecule has 0 radical (unpaired) electrons. The lowest BCUT2D eigenvalue weighted by Gasteiger charge is -2.05. The van der Waals surface area contributed by atoms with E-state index >= 15 is 0 Å². The SMILES string of the molecule is Nc1cn(Cc2ccc(Cl)cc2Cl)cn1. The van der Waals surface area contributed by atoms with Gasteiger partial charge in [0.05, 0.1) is 12.9 Å². The first kappa shape index (κ1) is 10.3. The minimum absolute atomic E-state index is 0.500. The van der Waals surface area contributed by atoms with Crippen molar-refractivity contribution in [2.75, 3.05) is 5.73 Å². The molecule has 3 nitrogen and oxygen atoms in total. The number of hydrogen-bond acceptors (Lipinski definition) is 2. The summed E-state index contributed by atoms with van der Waals surface area (Å²) in [6.45, 7) is 0.639. The predicted octanol–water partition coefficient (Wildman–Crippen LogP) is 2.82. The van der Waals surface area contributed by atoms with Crippen LogP contribution in [0.25, 0.3) is 0 Å². The highest BCUT2D eigenvalue weighted by Gasteiger charge is 2.02. The lowest BCUT2D eigenvalue weighted by molar-refractivity contribution is 0.798. The molecule has 0 saturated carbocycles. The van der Waals surface area contributed by atoms with Gasteiger partial charge in [0.25, 0.3) is 0 Å². The Morgan fingerprint density at radius 2 is 2.13 bits per heavy atom. The Bertz CT molecular complexity index is 479. The number of halogens is 2. The molecule has 0 amide bonds. The largest absolute Gasteiger partial charge is 0.382 e. The average Bonchev–Trinajstić information content (AvgIpc) is 2.56. The molecule has 0 spiro atoms. The fourth-order valence-electron chi connectivity index (χ4n) is 1.31. The molecule has 0 atom stereocenters. The number of benzene rings is 1. The van der Waals surface area contributed by atoms with E-state index in [1.54, 1.807) is 18.6 Å². The van der Waals surface area contributed by atoms with E-state index in [0.717, 1.165) is 5.56 Å². The van der Waals surface area contributed by atoms with Crippen molar-refractivity contribution in [1.29, 1.82) is 0 Å². The van der Waals surface area contributed by atoms with Gasteiger partial charge in [-0.15, -0.1) is 0 Å². The zero-order chi connectivity index (χ0) is 10.8. The van der Waals surface area contributed by atoms with Crippen LogP contribution < -0.4 is 5.73 Å². The topological polar surface area (TPSA) is 43.8 Å². The maximum atomic E-state index is 6.04. The zero-order valence-corrected chi connectivity index (χ0v) is 9.33. The van der Waals surface area contributed by atoms with Crippen LogP contribution in [0.5, 0.6) is 0 Å². The maximum Gasteiger partial charge on any atom is 0.141 e. The molecule has 2 aromatic rings. The summed E-state index contributed by atoms with van der Waals surface area (Å²) in [7, 11) is 0. The summed E-state index contributed by atoms with van der Waals surface area (Å²) in [6, 6.07) is 5.42. The number of aromatic nitrogens is 2. The van der Waals surface area contributed by atoms with Crippen LogP contribution in [-0.4, -0.2) is 9.55 Å². The highest BCUT2D eigenvalue weighted by Crippen LogP contribution is 2.21. The van der Waals surface area contributed by atoms with E-state index in [9.17, 15) is 0 Å². The molecule has 0 bridgehead atoms. The number of anilines is 1. The molecule has 1 aromatic heterocycles. The standard InChI is InChI=1S/C10H9Cl2N3/c11-8-2-1-7(9(12)3-8)4-15-5-10(13)14-6-15/h1-3,5-6H,4,13H2. The van der Waals surface area contributed by atoms with Crippen LogP contribution in [0.1, 0.15) is 5.56 Å². The second-order valence-corrected chi connectivity index (χ2v) is 4.05. The van der Waals surface area contributed by atoms with Crippen LogP contribution in [0.3, 0.4) is 0 Å². The Morgan fingerprint density at radius 1 is 1.33 bits per heavy atom. The summed E-state index contributed by atoms with van der Waals surface area (Å²) in [5.41, 5.74) is 6.49. The van der Waals surface area contributed by atoms with Crippen molar-refractivity contribution < 1.29 is 0 Å². The molecule has 1 heterocycles.